The molecule has 8 nitrogen and oxygen atoms in total. The molecule has 8 heteroatoms. The number of carbonyl (C=O) groups is 2. The maximum Gasteiger partial charge on any atom is 0.249 e. The molecule has 0 heterocycles. The van der Waals surface area contributed by atoms with Gasteiger partial charge in [-0.25, -0.2) is 0 Å². The molecule has 1 rings (SSSR count). The number of carbonyl (C=O) groups excluding carboxylic acids is 2. The first kappa shape index (κ1) is 12.3. The molecule has 1 aromatic rings. The molecule has 0 spiro atoms. The lowest BCUT2D eigenvalue weighted by Crippen LogP contribution is -2.05. The number of azide groups is 2. The maximum absolute atomic E-state index is 11.4. The molecule has 0 N–H and O–H groups in total. The Hall–Kier alpha value is -2.82. The molecule has 0 bridgehead atoms. The van der Waals surface area contributed by atoms with Gasteiger partial charge in [-0.15, -0.1) is 0 Å². The first-order valence-corrected chi connectivity index (χ1v) is 4.44. The van der Waals surface area contributed by atoms with Gasteiger partial charge in [-0.3, -0.25) is 9.59 Å². The van der Waals surface area contributed by atoms with Crippen molar-refractivity contribution in [1.82, 2.24) is 0 Å². The molecule has 0 unspecified atom stereocenters. The van der Waals surface area contributed by atoms with Crippen molar-refractivity contribution >= 4 is 11.8 Å². The third-order valence-electron chi connectivity index (χ3n) is 1.88. The number of hydrogen-bond acceptors (Lipinski definition) is 2. The zero-order valence-electron chi connectivity index (χ0n) is 8.52. The molecule has 0 aliphatic carbocycles. The number of nitrogens with zero attached hydrogens (tertiary/aromatic N) is 6. The van der Waals surface area contributed by atoms with Gasteiger partial charge in [0.25, 0.3) is 0 Å². The van der Waals surface area contributed by atoms with Gasteiger partial charge >= 0.3 is 0 Å². The molecular formula is C9H6N6O2. The minimum absolute atomic E-state index is 0.117. The topological polar surface area (TPSA) is 132 Å². The Bertz CT molecular complexity index is 554. The van der Waals surface area contributed by atoms with E-state index in [0.29, 0.717) is 5.56 Å². The van der Waals surface area contributed by atoms with Crippen LogP contribution in [0.4, 0.5) is 0 Å². The van der Waals surface area contributed by atoms with E-state index in [1.165, 1.54) is 12.1 Å². The van der Waals surface area contributed by atoms with Crippen LogP contribution in [-0.2, 0) is 11.2 Å². The normalized spacial score (nSPS) is 8.71. The molecular weight excluding hydrogens is 224 g/mol. The second-order valence-corrected chi connectivity index (χ2v) is 2.91. The summed E-state index contributed by atoms with van der Waals surface area (Å²) in [6.45, 7) is 0. The van der Waals surface area contributed by atoms with Crippen LogP contribution in [0.3, 0.4) is 0 Å². The summed E-state index contributed by atoms with van der Waals surface area (Å²) in [7, 11) is 0. The molecule has 2 amide bonds. The minimum Gasteiger partial charge on any atom is -0.292 e. The van der Waals surface area contributed by atoms with Gasteiger partial charge in [0.15, 0.2) is 0 Å². The Kier molecular flexibility index (Phi) is 4.26. The molecule has 0 atom stereocenters. The molecule has 17 heavy (non-hydrogen) atoms. The van der Waals surface area contributed by atoms with Gasteiger partial charge < -0.3 is 0 Å². The molecule has 0 aliphatic heterocycles. The average Bonchev–Trinajstić information content (AvgIpc) is 2.30. The fourth-order valence-corrected chi connectivity index (χ4v) is 1.23. The lowest BCUT2D eigenvalue weighted by molar-refractivity contribution is -0.117. The largest absolute Gasteiger partial charge is 0.292 e. The third-order valence-corrected chi connectivity index (χ3v) is 1.88. The smallest absolute Gasteiger partial charge is 0.249 e. The van der Waals surface area contributed by atoms with Crippen molar-refractivity contribution < 1.29 is 9.59 Å². The predicted octanol–water partition coefficient (Wildman–Crippen LogP) is 2.52. The molecule has 0 aliphatic rings. The number of rotatable bonds is 3. The lowest BCUT2D eigenvalue weighted by Gasteiger charge is -2.02. The zero-order chi connectivity index (χ0) is 12.7. The Morgan fingerprint density at radius 3 is 2.41 bits per heavy atom. The summed E-state index contributed by atoms with van der Waals surface area (Å²) in [5.74, 6) is -1.49. The average molecular weight is 230 g/mol. The number of benzene rings is 1. The molecule has 0 aromatic heterocycles. The minimum atomic E-state index is -0.781. The van der Waals surface area contributed by atoms with Gasteiger partial charge in [0.1, 0.15) is 0 Å². The molecule has 0 saturated carbocycles. The summed E-state index contributed by atoms with van der Waals surface area (Å²) in [5.41, 5.74) is 16.7. The van der Waals surface area contributed by atoms with E-state index in [-0.39, 0.29) is 12.0 Å². The van der Waals surface area contributed by atoms with Crippen molar-refractivity contribution in [2.75, 3.05) is 0 Å². The van der Waals surface area contributed by atoms with Gasteiger partial charge in [-0.1, -0.05) is 24.3 Å². The van der Waals surface area contributed by atoms with Crippen LogP contribution in [0.2, 0.25) is 0 Å². The van der Waals surface area contributed by atoms with E-state index in [0.717, 1.165) is 0 Å². The fourth-order valence-electron chi connectivity index (χ4n) is 1.23. The van der Waals surface area contributed by atoms with Gasteiger partial charge in [0, 0.05) is 21.8 Å². The number of amides is 2. The highest BCUT2D eigenvalue weighted by molar-refractivity contribution is 5.97. The highest BCUT2D eigenvalue weighted by Crippen LogP contribution is 2.11. The molecule has 84 valence electrons. The van der Waals surface area contributed by atoms with Crippen molar-refractivity contribution in [3.05, 3.63) is 56.3 Å². The Labute approximate surface area is 95.1 Å². The van der Waals surface area contributed by atoms with Crippen LogP contribution < -0.4 is 0 Å². The van der Waals surface area contributed by atoms with Crippen LogP contribution in [0.25, 0.3) is 20.9 Å². The van der Waals surface area contributed by atoms with Crippen LogP contribution in [0, 0.1) is 0 Å². The van der Waals surface area contributed by atoms with E-state index in [4.69, 9.17) is 11.1 Å². The summed E-state index contributed by atoms with van der Waals surface area (Å²) in [6, 6.07) is 6.13. The first-order chi connectivity index (χ1) is 8.19. The molecule has 0 radical (unpaired) electrons. The quantitative estimate of drug-likeness (QED) is 0.448. The summed E-state index contributed by atoms with van der Waals surface area (Å²) < 4.78 is 0. The summed E-state index contributed by atoms with van der Waals surface area (Å²) in [5, 5.41) is 5.83. The van der Waals surface area contributed by atoms with Crippen LogP contribution in [-0.4, -0.2) is 11.8 Å². The highest BCUT2D eigenvalue weighted by Gasteiger charge is 2.11. The van der Waals surface area contributed by atoms with Gasteiger partial charge in [0.05, 0.1) is 0 Å². The first-order valence-electron chi connectivity index (χ1n) is 4.44. The van der Waals surface area contributed by atoms with Crippen LogP contribution in [0.5, 0.6) is 0 Å². The molecule has 0 saturated heterocycles. The fraction of sp³-hybridized carbons (Fsp3) is 0.111. The summed E-state index contributed by atoms with van der Waals surface area (Å²) in [6.07, 6.45) is -0.215. The lowest BCUT2D eigenvalue weighted by atomic mass is 10.0. The zero-order valence-corrected chi connectivity index (χ0v) is 8.52. The van der Waals surface area contributed by atoms with Gasteiger partial charge in [-0.2, -0.15) is 0 Å². The summed E-state index contributed by atoms with van der Waals surface area (Å²) in [4.78, 5) is 27.2. The maximum atomic E-state index is 11.4. The van der Waals surface area contributed by atoms with E-state index in [1.54, 1.807) is 12.1 Å². The van der Waals surface area contributed by atoms with Crippen molar-refractivity contribution in [3.8, 4) is 0 Å². The Morgan fingerprint density at radius 2 is 1.76 bits per heavy atom. The molecule has 1 aromatic carbocycles. The van der Waals surface area contributed by atoms with Crippen LogP contribution in [0.1, 0.15) is 15.9 Å². The van der Waals surface area contributed by atoms with E-state index < -0.39 is 11.8 Å². The van der Waals surface area contributed by atoms with Crippen molar-refractivity contribution in [3.63, 3.8) is 0 Å². The third kappa shape index (κ3) is 3.35. The van der Waals surface area contributed by atoms with Gasteiger partial charge in [-0.05, 0) is 26.9 Å². The predicted molar refractivity (Wildman–Crippen MR) is 57.8 cm³/mol. The Morgan fingerprint density at radius 1 is 1.12 bits per heavy atom. The van der Waals surface area contributed by atoms with E-state index in [9.17, 15) is 9.59 Å². The SMILES string of the molecule is [N-]=[N+]=NC(=O)Cc1ccccc1C(=O)N=[N+]=[N-]. The van der Waals surface area contributed by atoms with E-state index in [2.05, 4.69) is 20.1 Å². The van der Waals surface area contributed by atoms with Crippen LogP contribution in [0.15, 0.2) is 34.5 Å². The monoisotopic (exact) mass is 230 g/mol. The molecule has 0 fully saturated rings. The number of hydrogen-bond donors (Lipinski definition) is 0. The van der Waals surface area contributed by atoms with E-state index >= 15 is 0 Å². The van der Waals surface area contributed by atoms with Crippen molar-refractivity contribution in [2.24, 2.45) is 10.2 Å². The van der Waals surface area contributed by atoms with Gasteiger partial charge in [0.2, 0.25) is 11.8 Å². The standard InChI is InChI=1S/C9H6N6O2/c10-14-12-8(16)5-6-3-1-2-4-7(6)9(17)13-15-11/h1-4H,5H2. The Balaban J connectivity index is 3.07. The van der Waals surface area contributed by atoms with E-state index in [1.807, 2.05) is 0 Å². The second kappa shape index (κ2) is 5.92. The summed E-state index contributed by atoms with van der Waals surface area (Å²) >= 11 is 0. The van der Waals surface area contributed by atoms with Crippen molar-refractivity contribution in [1.29, 1.82) is 0 Å². The second-order valence-electron chi connectivity index (χ2n) is 2.91. The van der Waals surface area contributed by atoms with Crippen LogP contribution >= 0.6 is 0 Å². The highest BCUT2D eigenvalue weighted by atomic mass is 16.2. The van der Waals surface area contributed by atoms with Crippen molar-refractivity contribution in [2.45, 2.75) is 6.42 Å².